The summed E-state index contributed by atoms with van der Waals surface area (Å²) in [7, 11) is 0. The molecule has 2 rings (SSSR count). The number of ether oxygens (including phenoxy) is 1. The first-order valence-corrected chi connectivity index (χ1v) is 6.05. The van der Waals surface area contributed by atoms with Crippen molar-refractivity contribution in [1.29, 1.82) is 0 Å². The van der Waals surface area contributed by atoms with Gasteiger partial charge in [-0.1, -0.05) is 0 Å². The molecule has 1 aromatic heterocycles. The maximum atomic E-state index is 5.84. The van der Waals surface area contributed by atoms with Gasteiger partial charge in [-0.05, 0) is 33.6 Å². The summed E-state index contributed by atoms with van der Waals surface area (Å²) in [6, 6.07) is 0.408. The van der Waals surface area contributed by atoms with Crippen LogP contribution in [0.5, 0.6) is 0 Å². The molecule has 0 saturated carbocycles. The van der Waals surface area contributed by atoms with Gasteiger partial charge in [-0.15, -0.1) is 0 Å². The summed E-state index contributed by atoms with van der Waals surface area (Å²) in [4.78, 5) is 8.55. The summed E-state index contributed by atoms with van der Waals surface area (Å²) in [5, 5.41) is 3.45. The van der Waals surface area contributed by atoms with Crippen LogP contribution in [0.15, 0.2) is 0 Å². The zero-order valence-electron chi connectivity index (χ0n) is 10.7. The molecule has 1 aromatic rings. The minimum Gasteiger partial charge on any atom is -0.383 e. The molecule has 2 heterocycles. The first-order chi connectivity index (χ1) is 8.06. The molecule has 1 saturated heterocycles. The lowest BCUT2D eigenvalue weighted by molar-refractivity contribution is 0.0231. The minimum atomic E-state index is 0.307. The van der Waals surface area contributed by atoms with Crippen LogP contribution in [0.4, 0.5) is 11.6 Å². The Bertz CT molecular complexity index is 408. The van der Waals surface area contributed by atoms with Gasteiger partial charge in [0.25, 0.3) is 0 Å². The molecule has 0 aliphatic carbocycles. The van der Waals surface area contributed by atoms with Crippen LogP contribution < -0.4 is 11.1 Å². The second-order valence-electron chi connectivity index (χ2n) is 4.68. The fourth-order valence-electron chi connectivity index (χ4n) is 2.11. The number of rotatable bonds is 2. The van der Waals surface area contributed by atoms with E-state index < -0.39 is 0 Å². The topological polar surface area (TPSA) is 73.1 Å². The van der Waals surface area contributed by atoms with Crippen molar-refractivity contribution >= 4 is 11.6 Å². The lowest BCUT2D eigenvalue weighted by Gasteiger charge is -2.28. The average molecular weight is 236 g/mol. The molecule has 0 spiro atoms. The van der Waals surface area contributed by atoms with E-state index in [0.717, 1.165) is 30.8 Å². The standard InChI is InChI=1S/C12H20N4O/c1-7-6-10(4-5-17-7)16-12-8(2)11(13)14-9(3)15-12/h7,10H,4-6H2,1-3H3,(H3,13,14,15,16). The molecule has 0 radical (unpaired) electrons. The van der Waals surface area contributed by atoms with Gasteiger partial charge in [0.2, 0.25) is 0 Å². The maximum Gasteiger partial charge on any atom is 0.134 e. The smallest absolute Gasteiger partial charge is 0.134 e. The number of nitrogens with two attached hydrogens (primary N) is 1. The number of hydrogen-bond acceptors (Lipinski definition) is 5. The lowest BCUT2D eigenvalue weighted by Crippen LogP contribution is -2.33. The van der Waals surface area contributed by atoms with Gasteiger partial charge in [-0.2, -0.15) is 0 Å². The van der Waals surface area contributed by atoms with Gasteiger partial charge in [0.1, 0.15) is 17.5 Å². The van der Waals surface area contributed by atoms with Crippen molar-refractivity contribution in [1.82, 2.24) is 9.97 Å². The van der Waals surface area contributed by atoms with Crippen LogP contribution in [-0.4, -0.2) is 28.7 Å². The maximum absolute atomic E-state index is 5.84. The molecule has 1 aliphatic rings. The number of nitrogens with zero attached hydrogens (tertiary/aromatic N) is 2. The van der Waals surface area contributed by atoms with Crippen LogP contribution in [0.25, 0.3) is 0 Å². The molecule has 2 unspecified atom stereocenters. The van der Waals surface area contributed by atoms with E-state index in [9.17, 15) is 0 Å². The molecule has 5 nitrogen and oxygen atoms in total. The van der Waals surface area contributed by atoms with Crippen LogP contribution in [0.1, 0.15) is 31.2 Å². The van der Waals surface area contributed by atoms with Crippen molar-refractivity contribution in [3.8, 4) is 0 Å². The van der Waals surface area contributed by atoms with Gasteiger partial charge in [0.05, 0.1) is 6.10 Å². The van der Waals surface area contributed by atoms with E-state index in [4.69, 9.17) is 10.5 Å². The number of aryl methyl sites for hydroxylation is 1. The fraction of sp³-hybridized carbons (Fsp3) is 0.667. The van der Waals surface area contributed by atoms with Crippen molar-refractivity contribution in [2.45, 2.75) is 45.8 Å². The highest BCUT2D eigenvalue weighted by Crippen LogP contribution is 2.22. The van der Waals surface area contributed by atoms with E-state index in [2.05, 4.69) is 22.2 Å². The Morgan fingerprint density at radius 1 is 1.35 bits per heavy atom. The Morgan fingerprint density at radius 3 is 2.82 bits per heavy atom. The number of anilines is 2. The zero-order chi connectivity index (χ0) is 12.4. The van der Waals surface area contributed by atoms with Crippen LogP contribution >= 0.6 is 0 Å². The van der Waals surface area contributed by atoms with Crippen LogP contribution in [0.3, 0.4) is 0 Å². The summed E-state index contributed by atoms with van der Waals surface area (Å²) >= 11 is 0. The molecule has 0 bridgehead atoms. The molecular weight excluding hydrogens is 216 g/mol. The molecular formula is C12H20N4O. The van der Waals surface area contributed by atoms with Gasteiger partial charge in [0.15, 0.2) is 0 Å². The van der Waals surface area contributed by atoms with Crippen molar-refractivity contribution in [2.75, 3.05) is 17.7 Å². The van der Waals surface area contributed by atoms with E-state index >= 15 is 0 Å². The monoisotopic (exact) mass is 236 g/mol. The highest BCUT2D eigenvalue weighted by Gasteiger charge is 2.20. The van der Waals surface area contributed by atoms with Crippen molar-refractivity contribution in [3.05, 3.63) is 11.4 Å². The SMILES string of the molecule is Cc1nc(N)c(C)c(NC2CCOC(C)C2)n1. The summed E-state index contributed by atoms with van der Waals surface area (Å²) in [5.74, 6) is 2.12. The Balaban J connectivity index is 2.12. The third-order valence-electron chi connectivity index (χ3n) is 3.12. The second kappa shape index (κ2) is 4.87. The average Bonchev–Trinajstić information content (AvgIpc) is 2.25. The van der Waals surface area contributed by atoms with Crippen molar-refractivity contribution < 1.29 is 4.74 Å². The van der Waals surface area contributed by atoms with Gasteiger partial charge in [-0.3, -0.25) is 0 Å². The minimum absolute atomic E-state index is 0.307. The van der Waals surface area contributed by atoms with E-state index in [1.807, 2.05) is 13.8 Å². The van der Waals surface area contributed by atoms with Gasteiger partial charge in [-0.25, -0.2) is 9.97 Å². The molecule has 5 heteroatoms. The Kier molecular flexibility index (Phi) is 3.47. The number of aromatic nitrogens is 2. The number of nitrogens with one attached hydrogen (secondary N) is 1. The van der Waals surface area contributed by atoms with E-state index in [1.54, 1.807) is 0 Å². The first-order valence-electron chi connectivity index (χ1n) is 6.05. The lowest BCUT2D eigenvalue weighted by atomic mass is 10.0. The molecule has 94 valence electrons. The Labute approximate surface area is 102 Å². The first kappa shape index (κ1) is 12.1. The van der Waals surface area contributed by atoms with E-state index in [0.29, 0.717) is 23.8 Å². The Hall–Kier alpha value is -1.36. The highest BCUT2D eigenvalue weighted by atomic mass is 16.5. The zero-order valence-corrected chi connectivity index (χ0v) is 10.7. The van der Waals surface area contributed by atoms with Crippen LogP contribution in [0, 0.1) is 13.8 Å². The van der Waals surface area contributed by atoms with Crippen molar-refractivity contribution in [3.63, 3.8) is 0 Å². The summed E-state index contributed by atoms with van der Waals surface area (Å²) in [6.45, 7) is 6.70. The third kappa shape index (κ3) is 2.85. The predicted octanol–water partition coefficient (Wildman–Crippen LogP) is 1.66. The molecule has 17 heavy (non-hydrogen) atoms. The van der Waals surface area contributed by atoms with E-state index in [1.165, 1.54) is 0 Å². The van der Waals surface area contributed by atoms with E-state index in [-0.39, 0.29) is 0 Å². The fourth-order valence-corrected chi connectivity index (χ4v) is 2.11. The van der Waals surface area contributed by atoms with Crippen molar-refractivity contribution in [2.24, 2.45) is 0 Å². The largest absolute Gasteiger partial charge is 0.383 e. The van der Waals surface area contributed by atoms with Crippen LogP contribution in [0.2, 0.25) is 0 Å². The Morgan fingerprint density at radius 2 is 2.12 bits per heavy atom. The second-order valence-corrected chi connectivity index (χ2v) is 4.68. The quantitative estimate of drug-likeness (QED) is 0.817. The summed E-state index contributed by atoms with van der Waals surface area (Å²) in [6.07, 6.45) is 2.32. The molecule has 0 amide bonds. The molecule has 1 fully saturated rings. The normalized spacial score (nSPS) is 24.6. The highest BCUT2D eigenvalue weighted by molar-refractivity contribution is 5.55. The number of nitrogen functional groups attached to an aromatic ring is 1. The number of hydrogen-bond donors (Lipinski definition) is 2. The molecule has 3 N–H and O–H groups in total. The third-order valence-corrected chi connectivity index (χ3v) is 3.12. The summed E-state index contributed by atoms with van der Waals surface area (Å²) < 4.78 is 5.53. The van der Waals surface area contributed by atoms with Gasteiger partial charge in [0, 0.05) is 18.2 Å². The molecule has 0 aromatic carbocycles. The summed E-state index contributed by atoms with van der Waals surface area (Å²) in [5.41, 5.74) is 6.76. The predicted molar refractivity (Wildman–Crippen MR) is 68.0 cm³/mol. The van der Waals surface area contributed by atoms with Gasteiger partial charge >= 0.3 is 0 Å². The van der Waals surface area contributed by atoms with Gasteiger partial charge < -0.3 is 15.8 Å². The molecule has 2 atom stereocenters. The van der Waals surface area contributed by atoms with Crippen LogP contribution in [-0.2, 0) is 4.74 Å². The molecule has 1 aliphatic heterocycles.